The number of benzene rings is 1. The van der Waals surface area contributed by atoms with Crippen molar-refractivity contribution in [3.63, 3.8) is 0 Å². The second kappa shape index (κ2) is 7.15. The van der Waals surface area contributed by atoms with Crippen LogP contribution in [0.25, 0.3) is 10.9 Å². The Morgan fingerprint density at radius 2 is 1.96 bits per heavy atom. The van der Waals surface area contributed by atoms with E-state index in [1.807, 2.05) is 50.1 Å². The van der Waals surface area contributed by atoms with E-state index < -0.39 is 0 Å². The Morgan fingerprint density at radius 3 is 2.74 bits per heavy atom. The molecule has 142 valence electrons. The minimum Gasteiger partial charge on any atom is -0.361 e. The van der Waals surface area contributed by atoms with Crippen molar-refractivity contribution in [2.75, 3.05) is 26.2 Å². The molecule has 3 heterocycles. The first-order chi connectivity index (χ1) is 13.0. The van der Waals surface area contributed by atoms with Crippen LogP contribution in [0, 0.1) is 13.8 Å². The standard InChI is InChI=1S/C20H25N5O2/c1-14-17(15(2)27-22-14)13-24-9-6-10-25(12-11-24)20(26)19-16-7-4-5-8-18(16)23(3)21-19/h4-5,7-8H,6,9-13H2,1-3H3. The molecule has 0 unspecified atom stereocenters. The minimum atomic E-state index is 0.0194. The Labute approximate surface area is 158 Å². The van der Waals surface area contributed by atoms with E-state index in [4.69, 9.17) is 4.52 Å². The van der Waals surface area contributed by atoms with Crippen molar-refractivity contribution in [1.29, 1.82) is 0 Å². The van der Waals surface area contributed by atoms with E-state index in [0.29, 0.717) is 12.2 Å². The summed E-state index contributed by atoms with van der Waals surface area (Å²) in [6.45, 7) is 7.99. The maximum absolute atomic E-state index is 13.1. The summed E-state index contributed by atoms with van der Waals surface area (Å²) in [6.07, 6.45) is 0.944. The van der Waals surface area contributed by atoms with Gasteiger partial charge >= 0.3 is 0 Å². The lowest BCUT2D eigenvalue weighted by Gasteiger charge is -2.21. The molecule has 1 aliphatic heterocycles. The fourth-order valence-corrected chi connectivity index (χ4v) is 3.80. The zero-order valence-electron chi connectivity index (χ0n) is 16.1. The van der Waals surface area contributed by atoms with Gasteiger partial charge < -0.3 is 9.42 Å². The summed E-state index contributed by atoms with van der Waals surface area (Å²) >= 11 is 0. The fraction of sp³-hybridized carbons (Fsp3) is 0.450. The smallest absolute Gasteiger partial charge is 0.275 e. The van der Waals surface area contributed by atoms with E-state index in [1.54, 1.807) is 4.68 Å². The first-order valence-corrected chi connectivity index (χ1v) is 9.39. The third-order valence-corrected chi connectivity index (χ3v) is 5.40. The number of hydrogen-bond donors (Lipinski definition) is 0. The molecular weight excluding hydrogens is 342 g/mol. The zero-order chi connectivity index (χ0) is 19.0. The molecule has 0 spiro atoms. The Balaban J connectivity index is 1.48. The number of nitrogens with zero attached hydrogens (tertiary/aromatic N) is 5. The van der Waals surface area contributed by atoms with Gasteiger partial charge in [-0.3, -0.25) is 14.4 Å². The minimum absolute atomic E-state index is 0.0194. The molecule has 4 rings (SSSR count). The van der Waals surface area contributed by atoms with Gasteiger partial charge in [0.1, 0.15) is 5.76 Å². The number of para-hydroxylation sites is 1. The van der Waals surface area contributed by atoms with E-state index >= 15 is 0 Å². The second-order valence-electron chi connectivity index (χ2n) is 7.21. The average molecular weight is 367 g/mol. The summed E-state index contributed by atoms with van der Waals surface area (Å²) in [5, 5.41) is 9.45. The van der Waals surface area contributed by atoms with Crippen LogP contribution in [0.15, 0.2) is 28.8 Å². The first-order valence-electron chi connectivity index (χ1n) is 9.39. The molecular formula is C20H25N5O2. The molecule has 7 nitrogen and oxygen atoms in total. The molecule has 0 atom stereocenters. The second-order valence-corrected chi connectivity index (χ2v) is 7.21. The zero-order valence-corrected chi connectivity index (χ0v) is 16.1. The topological polar surface area (TPSA) is 67.4 Å². The van der Waals surface area contributed by atoms with Crippen LogP contribution in [0.4, 0.5) is 0 Å². The number of amides is 1. The van der Waals surface area contributed by atoms with Crippen LogP contribution in [0.3, 0.4) is 0 Å². The molecule has 0 aliphatic carbocycles. The third kappa shape index (κ3) is 3.35. The summed E-state index contributed by atoms with van der Waals surface area (Å²) in [7, 11) is 1.88. The molecule has 2 aromatic heterocycles. The number of carbonyl (C=O) groups is 1. The van der Waals surface area contributed by atoms with Gasteiger partial charge in [-0.1, -0.05) is 23.4 Å². The lowest BCUT2D eigenvalue weighted by Crippen LogP contribution is -2.35. The first kappa shape index (κ1) is 17.7. The van der Waals surface area contributed by atoms with Crippen molar-refractivity contribution >= 4 is 16.8 Å². The van der Waals surface area contributed by atoms with Crippen LogP contribution in [0.1, 0.15) is 33.9 Å². The van der Waals surface area contributed by atoms with Crippen LogP contribution < -0.4 is 0 Å². The highest BCUT2D eigenvalue weighted by Crippen LogP contribution is 2.21. The van der Waals surface area contributed by atoms with Crippen LogP contribution in [0.5, 0.6) is 0 Å². The summed E-state index contributed by atoms with van der Waals surface area (Å²) in [5.74, 6) is 0.899. The molecule has 1 fully saturated rings. The highest BCUT2D eigenvalue weighted by molar-refractivity contribution is 6.04. The van der Waals surface area contributed by atoms with Gasteiger partial charge in [0.2, 0.25) is 0 Å². The van der Waals surface area contributed by atoms with Crippen molar-refractivity contribution < 1.29 is 9.32 Å². The molecule has 1 amide bonds. The summed E-state index contributed by atoms with van der Waals surface area (Å²) in [6, 6.07) is 7.88. The normalized spacial score (nSPS) is 16.0. The largest absolute Gasteiger partial charge is 0.361 e. The molecule has 1 saturated heterocycles. The highest BCUT2D eigenvalue weighted by atomic mass is 16.5. The van der Waals surface area contributed by atoms with Gasteiger partial charge in [0.25, 0.3) is 5.91 Å². The Hall–Kier alpha value is -2.67. The van der Waals surface area contributed by atoms with Gasteiger partial charge in [0, 0.05) is 50.7 Å². The number of carbonyl (C=O) groups excluding carboxylic acids is 1. The van der Waals surface area contributed by atoms with E-state index in [9.17, 15) is 4.79 Å². The Bertz CT molecular complexity index is 955. The molecule has 7 heteroatoms. The maximum atomic E-state index is 13.1. The third-order valence-electron chi connectivity index (χ3n) is 5.40. The molecule has 0 radical (unpaired) electrons. The summed E-state index contributed by atoms with van der Waals surface area (Å²) < 4.78 is 7.06. The fourth-order valence-electron chi connectivity index (χ4n) is 3.80. The number of rotatable bonds is 3. The van der Waals surface area contributed by atoms with Gasteiger partial charge in [-0.05, 0) is 26.3 Å². The lowest BCUT2D eigenvalue weighted by molar-refractivity contribution is 0.0756. The maximum Gasteiger partial charge on any atom is 0.275 e. The summed E-state index contributed by atoms with van der Waals surface area (Å²) in [5.41, 5.74) is 3.64. The molecule has 0 saturated carbocycles. The van der Waals surface area contributed by atoms with Gasteiger partial charge in [-0.2, -0.15) is 5.10 Å². The SMILES string of the molecule is Cc1noc(C)c1CN1CCCN(C(=O)c2nn(C)c3ccccc23)CC1. The van der Waals surface area contributed by atoms with Crippen LogP contribution in [0.2, 0.25) is 0 Å². The number of aryl methyl sites for hydroxylation is 3. The lowest BCUT2D eigenvalue weighted by atomic mass is 10.2. The predicted molar refractivity (Wildman–Crippen MR) is 102 cm³/mol. The monoisotopic (exact) mass is 367 g/mol. The van der Waals surface area contributed by atoms with Crippen molar-refractivity contribution in [3.05, 3.63) is 47.0 Å². The molecule has 1 aliphatic rings. The van der Waals surface area contributed by atoms with Gasteiger partial charge in [0.05, 0.1) is 11.2 Å². The highest BCUT2D eigenvalue weighted by Gasteiger charge is 2.25. The van der Waals surface area contributed by atoms with Gasteiger partial charge in [-0.15, -0.1) is 0 Å². The summed E-state index contributed by atoms with van der Waals surface area (Å²) in [4.78, 5) is 17.4. The van der Waals surface area contributed by atoms with E-state index in [-0.39, 0.29) is 5.91 Å². The van der Waals surface area contributed by atoms with Crippen molar-refractivity contribution in [2.24, 2.45) is 7.05 Å². The van der Waals surface area contributed by atoms with E-state index in [1.165, 1.54) is 0 Å². The molecule has 3 aromatic rings. The van der Waals surface area contributed by atoms with Crippen LogP contribution in [-0.2, 0) is 13.6 Å². The van der Waals surface area contributed by atoms with E-state index in [2.05, 4.69) is 15.2 Å². The predicted octanol–water partition coefficient (Wildman–Crippen LogP) is 2.53. The molecule has 27 heavy (non-hydrogen) atoms. The molecule has 1 aromatic carbocycles. The number of aromatic nitrogens is 3. The van der Waals surface area contributed by atoms with Crippen molar-refractivity contribution in [2.45, 2.75) is 26.8 Å². The van der Waals surface area contributed by atoms with Crippen LogP contribution in [-0.4, -0.2) is 56.8 Å². The average Bonchev–Trinajstić information content (AvgIpc) is 3.06. The Morgan fingerprint density at radius 1 is 1.15 bits per heavy atom. The van der Waals surface area contributed by atoms with E-state index in [0.717, 1.165) is 60.5 Å². The number of fused-ring (bicyclic) bond motifs is 1. The molecule has 0 bridgehead atoms. The van der Waals surface area contributed by atoms with Gasteiger partial charge in [0.15, 0.2) is 5.69 Å². The van der Waals surface area contributed by atoms with Crippen molar-refractivity contribution in [3.8, 4) is 0 Å². The number of hydrogen-bond acceptors (Lipinski definition) is 5. The van der Waals surface area contributed by atoms with Crippen LogP contribution >= 0.6 is 0 Å². The van der Waals surface area contributed by atoms with Gasteiger partial charge in [-0.25, -0.2) is 0 Å². The quantitative estimate of drug-likeness (QED) is 0.712. The molecule has 0 N–H and O–H groups in total. The Kier molecular flexibility index (Phi) is 4.70. The van der Waals surface area contributed by atoms with Crippen molar-refractivity contribution in [1.82, 2.24) is 24.7 Å².